The molecule has 2 nitrogen and oxygen atoms in total. The van der Waals surface area contributed by atoms with Crippen LogP contribution in [-0.2, 0) is 0 Å². The summed E-state index contributed by atoms with van der Waals surface area (Å²) in [6, 6.07) is 1.48. The van der Waals surface area contributed by atoms with Gasteiger partial charge >= 0.3 is 0 Å². The van der Waals surface area contributed by atoms with E-state index in [9.17, 15) is 0 Å². The fourth-order valence-electron chi connectivity index (χ4n) is 3.06. The molecule has 1 saturated carbocycles. The van der Waals surface area contributed by atoms with Gasteiger partial charge in [0.25, 0.3) is 0 Å². The molecule has 1 saturated heterocycles. The van der Waals surface area contributed by atoms with Crippen LogP contribution in [0.1, 0.15) is 51.9 Å². The molecule has 2 heteroatoms. The number of nitrogens with one attached hydrogen (secondary N) is 2. The zero-order valence-electron chi connectivity index (χ0n) is 10.1. The molecule has 15 heavy (non-hydrogen) atoms. The van der Waals surface area contributed by atoms with Crippen molar-refractivity contribution in [3.63, 3.8) is 0 Å². The van der Waals surface area contributed by atoms with E-state index in [1.807, 2.05) is 0 Å². The third kappa shape index (κ3) is 3.46. The molecule has 1 aliphatic carbocycles. The van der Waals surface area contributed by atoms with E-state index in [2.05, 4.69) is 17.6 Å². The molecule has 0 aromatic carbocycles. The highest BCUT2D eigenvalue weighted by atomic mass is 15.0. The average Bonchev–Trinajstić information content (AvgIpc) is 2.80. The van der Waals surface area contributed by atoms with E-state index in [1.165, 1.54) is 58.0 Å². The quantitative estimate of drug-likeness (QED) is 0.744. The highest BCUT2D eigenvalue weighted by molar-refractivity contribution is 4.81. The summed E-state index contributed by atoms with van der Waals surface area (Å²) in [6.45, 7) is 4.78. The van der Waals surface area contributed by atoms with Crippen LogP contribution in [0, 0.1) is 5.92 Å². The molecule has 0 spiro atoms. The largest absolute Gasteiger partial charge is 0.313 e. The van der Waals surface area contributed by atoms with E-state index in [4.69, 9.17) is 0 Å². The molecular formula is C13H26N2. The highest BCUT2D eigenvalue weighted by Gasteiger charge is 2.21. The van der Waals surface area contributed by atoms with E-state index in [0.29, 0.717) is 0 Å². The van der Waals surface area contributed by atoms with Gasteiger partial charge in [-0.2, -0.15) is 0 Å². The lowest BCUT2D eigenvalue weighted by atomic mass is 9.84. The zero-order chi connectivity index (χ0) is 10.5. The van der Waals surface area contributed by atoms with E-state index in [1.54, 1.807) is 0 Å². The molecule has 0 radical (unpaired) electrons. The van der Waals surface area contributed by atoms with Crippen LogP contribution < -0.4 is 10.6 Å². The Morgan fingerprint density at radius 1 is 1.13 bits per heavy atom. The molecule has 1 heterocycles. The first kappa shape index (κ1) is 11.4. The minimum Gasteiger partial charge on any atom is -0.313 e. The second-order valence-corrected chi connectivity index (χ2v) is 5.39. The van der Waals surface area contributed by atoms with Crippen LogP contribution in [0.4, 0.5) is 0 Å². The Bertz CT molecular complexity index is 169. The molecular weight excluding hydrogens is 184 g/mol. The summed E-state index contributed by atoms with van der Waals surface area (Å²) in [6.07, 6.45) is 10.0. The monoisotopic (exact) mass is 210 g/mol. The number of rotatable bonds is 4. The molecule has 0 aromatic rings. The van der Waals surface area contributed by atoms with Crippen molar-refractivity contribution in [1.82, 2.24) is 10.6 Å². The van der Waals surface area contributed by atoms with E-state index in [-0.39, 0.29) is 0 Å². The fourth-order valence-corrected chi connectivity index (χ4v) is 3.06. The molecule has 2 aliphatic rings. The standard InChI is InChI=1S/C13H26N2/c1-11(12-6-3-2-4-7-12)15-10-13-8-5-9-14-13/h11-15H,2-10H2,1H3. The van der Waals surface area contributed by atoms with Gasteiger partial charge < -0.3 is 10.6 Å². The fraction of sp³-hybridized carbons (Fsp3) is 1.00. The van der Waals surface area contributed by atoms with Crippen LogP contribution in [0.2, 0.25) is 0 Å². The Kier molecular flexibility index (Phi) is 4.45. The maximum Gasteiger partial charge on any atom is 0.0193 e. The molecule has 0 bridgehead atoms. The van der Waals surface area contributed by atoms with Gasteiger partial charge in [-0.25, -0.2) is 0 Å². The highest BCUT2D eigenvalue weighted by Crippen LogP contribution is 2.26. The van der Waals surface area contributed by atoms with Crippen LogP contribution in [0.3, 0.4) is 0 Å². The van der Waals surface area contributed by atoms with Crippen LogP contribution in [-0.4, -0.2) is 25.2 Å². The zero-order valence-corrected chi connectivity index (χ0v) is 10.1. The predicted octanol–water partition coefficient (Wildman–Crippen LogP) is 2.30. The van der Waals surface area contributed by atoms with Crippen LogP contribution >= 0.6 is 0 Å². The Labute approximate surface area is 94.2 Å². The molecule has 1 aliphatic heterocycles. The smallest absolute Gasteiger partial charge is 0.0193 e. The Balaban J connectivity index is 1.64. The summed E-state index contributed by atoms with van der Waals surface area (Å²) in [5, 5.41) is 7.28. The van der Waals surface area contributed by atoms with Gasteiger partial charge in [0, 0.05) is 18.6 Å². The molecule has 88 valence electrons. The van der Waals surface area contributed by atoms with Gasteiger partial charge in [-0.05, 0) is 45.1 Å². The molecule has 2 rings (SSSR count). The van der Waals surface area contributed by atoms with Crippen molar-refractivity contribution in [2.24, 2.45) is 5.92 Å². The molecule has 2 unspecified atom stereocenters. The average molecular weight is 210 g/mol. The SMILES string of the molecule is CC(NCC1CCCN1)C1CCCCC1. The third-order valence-corrected chi connectivity index (χ3v) is 4.21. The van der Waals surface area contributed by atoms with Crippen molar-refractivity contribution in [3.8, 4) is 0 Å². The van der Waals surface area contributed by atoms with Gasteiger partial charge in [-0.3, -0.25) is 0 Å². The van der Waals surface area contributed by atoms with Gasteiger partial charge in [-0.1, -0.05) is 19.3 Å². The summed E-state index contributed by atoms with van der Waals surface area (Å²) < 4.78 is 0. The van der Waals surface area contributed by atoms with Crippen LogP contribution in [0.25, 0.3) is 0 Å². The lowest BCUT2D eigenvalue weighted by Crippen LogP contribution is -2.42. The first-order valence-electron chi connectivity index (χ1n) is 6.83. The van der Waals surface area contributed by atoms with Crippen molar-refractivity contribution in [1.29, 1.82) is 0 Å². The van der Waals surface area contributed by atoms with E-state index >= 15 is 0 Å². The topological polar surface area (TPSA) is 24.1 Å². The van der Waals surface area contributed by atoms with Crippen LogP contribution in [0.5, 0.6) is 0 Å². The normalized spacial score (nSPS) is 30.6. The van der Waals surface area contributed by atoms with Gasteiger partial charge in [0.05, 0.1) is 0 Å². The lowest BCUT2D eigenvalue weighted by Gasteiger charge is -2.29. The summed E-state index contributed by atoms with van der Waals surface area (Å²) in [4.78, 5) is 0. The van der Waals surface area contributed by atoms with Crippen molar-refractivity contribution in [2.45, 2.75) is 64.0 Å². The minimum absolute atomic E-state index is 0.729. The third-order valence-electron chi connectivity index (χ3n) is 4.21. The minimum atomic E-state index is 0.729. The van der Waals surface area contributed by atoms with E-state index < -0.39 is 0 Å². The molecule has 2 atom stereocenters. The van der Waals surface area contributed by atoms with Crippen molar-refractivity contribution in [2.75, 3.05) is 13.1 Å². The molecule has 0 amide bonds. The second kappa shape index (κ2) is 5.86. The van der Waals surface area contributed by atoms with Crippen molar-refractivity contribution >= 4 is 0 Å². The lowest BCUT2D eigenvalue weighted by molar-refractivity contribution is 0.277. The van der Waals surface area contributed by atoms with Gasteiger partial charge in [-0.15, -0.1) is 0 Å². The number of hydrogen-bond donors (Lipinski definition) is 2. The summed E-state index contributed by atoms with van der Waals surface area (Å²) in [5.41, 5.74) is 0. The van der Waals surface area contributed by atoms with Gasteiger partial charge in [0.1, 0.15) is 0 Å². The summed E-state index contributed by atoms with van der Waals surface area (Å²) in [5.74, 6) is 0.945. The number of hydrogen-bond acceptors (Lipinski definition) is 2. The van der Waals surface area contributed by atoms with Gasteiger partial charge in [0.15, 0.2) is 0 Å². The molecule has 2 N–H and O–H groups in total. The maximum absolute atomic E-state index is 3.73. The van der Waals surface area contributed by atoms with Crippen LogP contribution in [0.15, 0.2) is 0 Å². The second-order valence-electron chi connectivity index (χ2n) is 5.39. The Hall–Kier alpha value is -0.0800. The Morgan fingerprint density at radius 2 is 1.93 bits per heavy atom. The first-order valence-corrected chi connectivity index (χ1v) is 6.83. The first-order chi connectivity index (χ1) is 7.36. The Morgan fingerprint density at radius 3 is 2.60 bits per heavy atom. The maximum atomic E-state index is 3.73. The summed E-state index contributed by atoms with van der Waals surface area (Å²) in [7, 11) is 0. The van der Waals surface area contributed by atoms with Crippen molar-refractivity contribution < 1.29 is 0 Å². The van der Waals surface area contributed by atoms with E-state index in [0.717, 1.165) is 18.0 Å². The molecule has 0 aromatic heterocycles. The predicted molar refractivity (Wildman–Crippen MR) is 65.1 cm³/mol. The summed E-state index contributed by atoms with van der Waals surface area (Å²) >= 11 is 0. The van der Waals surface area contributed by atoms with Gasteiger partial charge in [0.2, 0.25) is 0 Å². The van der Waals surface area contributed by atoms with Crippen molar-refractivity contribution in [3.05, 3.63) is 0 Å². The molecule has 2 fully saturated rings.